The van der Waals surface area contributed by atoms with Crippen molar-refractivity contribution in [3.8, 4) is 0 Å². The summed E-state index contributed by atoms with van der Waals surface area (Å²) in [6.07, 6.45) is 0.348. The fourth-order valence-electron chi connectivity index (χ4n) is 1.54. The molecule has 0 aromatic heterocycles. The summed E-state index contributed by atoms with van der Waals surface area (Å²) >= 11 is 0. The minimum absolute atomic E-state index is 0.0510. The number of amides is 1. The van der Waals surface area contributed by atoms with Crippen molar-refractivity contribution in [1.29, 1.82) is 0 Å². The topological polar surface area (TPSA) is 64.6 Å². The second kappa shape index (κ2) is 5.38. The number of hydrogen-bond acceptors (Lipinski definition) is 4. The van der Waals surface area contributed by atoms with E-state index >= 15 is 0 Å². The highest BCUT2D eigenvalue weighted by atomic mass is 16.6. The van der Waals surface area contributed by atoms with E-state index in [9.17, 15) is 9.59 Å². The van der Waals surface area contributed by atoms with Crippen molar-refractivity contribution in [2.75, 3.05) is 13.2 Å². The van der Waals surface area contributed by atoms with Crippen LogP contribution < -0.4 is 5.32 Å². The molecule has 0 aromatic carbocycles. The quantitative estimate of drug-likeness (QED) is 0.763. The van der Waals surface area contributed by atoms with Gasteiger partial charge < -0.3 is 14.8 Å². The minimum Gasteiger partial charge on any atom is -0.466 e. The lowest BCUT2D eigenvalue weighted by atomic mass is 10.2. The molecule has 1 fully saturated rings. The Kier molecular flexibility index (Phi) is 4.37. The predicted molar refractivity (Wildman–Crippen MR) is 62.5 cm³/mol. The summed E-state index contributed by atoms with van der Waals surface area (Å²) in [7, 11) is 0. The molecule has 17 heavy (non-hydrogen) atoms. The van der Waals surface area contributed by atoms with Crippen molar-refractivity contribution in [3.63, 3.8) is 0 Å². The molecule has 1 amide bonds. The first-order valence-corrected chi connectivity index (χ1v) is 5.97. The summed E-state index contributed by atoms with van der Waals surface area (Å²) in [6.45, 7) is 8.09. The predicted octanol–water partition coefficient (Wildman–Crippen LogP) is 1.71. The molecule has 0 spiro atoms. The van der Waals surface area contributed by atoms with E-state index < -0.39 is 11.7 Å². The highest BCUT2D eigenvalue weighted by Crippen LogP contribution is 2.38. The molecule has 1 saturated carbocycles. The zero-order valence-electron chi connectivity index (χ0n) is 10.9. The Bertz CT molecular complexity index is 295. The van der Waals surface area contributed by atoms with E-state index in [0.717, 1.165) is 6.42 Å². The van der Waals surface area contributed by atoms with Gasteiger partial charge in [0, 0.05) is 6.54 Å². The van der Waals surface area contributed by atoms with Crippen LogP contribution in [-0.2, 0) is 14.3 Å². The van der Waals surface area contributed by atoms with Crippen LogP contribution in [0.25, 0.3) is 0 Å². The number of hydrogen-bond donors (Lipinski definition) is 1. The third-order valence-electron chi connectivity index (χ3n) is 2.42. The Morgan fingerprint density at radius 1 is 1.35 bits per heavy atom. The molecule has 5 nitrogen and oxygen atoms in total. The van der Waals surface area contributed by atoms with Crippen LogP contribution in [0.5, 0.6) is 0 Å². The molecular weight excluding hydrogens is 222 g/mol. The van der Waals surface area contributed by atoms with Crippen LogP contribution in [0, 0.1) is 11.8 Å². The zero-order chi connectivity index (χ0) is 13.1. The monoisotopic (exact) mass is 243 g/mol. The van der Waals surface area contributed by atoms with Gasteiger partial charge in [-0.1, -0.05) is 0 Å². The smallest absolute Gasteiger partial charge is 0.407 e. The van der Waals surface area contributed by atoms with Gasteiger partial charge in [-0.25, -0.2) is 4.79 Å². The number of carbonyl (C=O) groups is 2. The van der Waals surface area contributed by atoms with E-state index in [4.69, 9.17) is 9.47 Å². The summed E-state index contributed by atoms with van der Waals surface area (Å²) in [5.41, 5.74) is -0.492. The van der Waals surface area contributed by atoms with Gasteiger partial charge in [-0.15, -0.1) is 0 Å². The van der Waals surface area contributed by atoms with E-state index in [-0.39, 0.29) is 17.8 Å². The molecule has 1 aliphatic rings. The van der Waals surface area contributed by atoms with Crippen LogP contribution in [0.15, 0.2) is 0 Å². The molecule has 0 heterocycles. The summed E-state index contributed by atoms with van der Waals surface area (Å²) in [5.74, 6) is -0.0186. The number of alkyl carbamates (subject to hydrolysis) is 1. The van der Waals surface area contributed by atoms with Crippen molar-refractivity contribution < 1.29 is 19.1 Å². The first kappa shape index (κ1) is 13.8. The van der Waals surface area contributed by atoms with E-state index in [2.05, 4.69) is 5.32 Å². The highest BCUT2D eigenvalue weighted by molar-refractivity contribution is 5.76. The number of rotatable bonds is 4. The van der Waals surface area contributed by atoms with Gasteiger partial charge in [0.2, 0.25) is 0 Å². The summed E-state index contributed by atoms with van der Waals surface area (Å²) in [5, 5.41) is 2.66. The number of carbonyl (C=O) groups excluding carboxylic acids is 2. The van der Waals surface area contributed by atoms with Crippen LogP contribution in [0.4, 0.5) is 4.79 Å². The maximum Gasteiger partial charge on any atom is 0.407 e. The third kappa shape index (κ3) is 5.06. The minimum atomic E-state index is -0.492. The average Bonchev–Trinajstić information content (AvgIpc) is 2.91. The van der Waals surface area contributed by atoms with Gasteiger partial charge in [0.25, 0.3) is 0 Å². The molecule has 1 aliphatic carbocycles. The molecule has 1 rings (SSSR count). The number of nitrogens with one attached hydrogen (secondary N) is 1. The van der Waals surface area contributed by atoms with Gasteiger partial charge in [-0.05, 0) is 40.0 Å². The van der Waals surface area contributed by atoms with Crippen molar-refractivity contribution >= 4 is 12.1 Å². The van der Waals surface area contributed by atoms with Crippen LogP contribution in [0.3, 0.4) is 0 Å². The van der Waals surface area contributed by atoms with Crippen LogP contribution in [-0.4, -0.2) is 30.8 Å². The highest BCUT2D eigenvalue weighted by Gasteiger charge is 2.44. The molecule has 0 aromatic rings. The van der Waals surface area contributed by atoms with E-state index in [1.165, 1.54) is 0 Å². The fraction of sp³-hybridized carbons (Fsp3) is 0.833. The standard InChI is InChI=1S/C12H21NO4/c1-5-16-10(14)9-6-8(9)7-13-11(15)17-12(2,3)4/h8-9H,5-7H2,1-4H3,(H,13,15)/t8-,9+/m0/s1. The normalized spacial score (nSPS) is 22.8. The molecule has 1 N–H and O–H groups in total. The molecule has 0 saturated heterocycles. The lowest BCUT2D eigenvalue weighted by Gasteiger charge is -2.19. The van der Waals surface area contributed by atoms with Crippen molar-refractivity contribution in [3.05, 3.63) is 0 Å². The Balaban J connectivity index is 2.17. The van der Waals surface area contributed by atoms with Gasteiger partial charge in [0.1, 0.15) is 5.60 Å². The first-order chi connectivity index (χ1) is 7.83. The second-order valence-electron chi connectivity index (χ2n) is 5.24. The molecule has 0 aliphatic heterocycles. The van der Waals surface area contributed by atoms with Crippen LogP contribution in [0.2, 0.25) is 0 Å². The zero-order valence-corrected chi connectivity index (χ0v) is 10.9. The van der Waals surface area contributed by atoms with E-state index in [1.807, 2.05) is 20.8 Å². The summed E-state index contributed by atoms with van der Waals surface area (Å²) < 4.78 is 9.99. The molecule has 2 atom stereocenters. The fourth-order valence-corrected chi connectivity index (χ4v) is 1.54. The maximum absolute atomic E-state index is 11.3. The van der Waals surface area contributed by atoms with E-state index in [0.29, 0.717) is 13.2 Å². The molecule has 98 valence electrons. The molecule has 0 bridgehead atoms. The Labute approximate surface area is 102 Å². The van der Waals surface area contributed by atoms with Crippen LogP contribution in [0.1, 0.15) is 34.1 Å². The summed E-state index contributed by atoms with van der Waals surface area (Å²) in [4.78, 5) is 22.7. The third-order valence-corrected chi connectivity index (χ3v) is 2.42. The van der Waals surface area contributed by atoms with Gasteiger partial charge in [-0.3, -0.25) is 4.79 Å². The second-order valence-corrected chi connectivity index (χ2v) is 5.24. The molecule has 0 unspecified atom stereocenters. The summed E-state index contributed by atoms with van der Waals surface area (Å²) in [6, 6.07) is 0. The molecular formula is C12H21NO4. The van der Waals surface area contributed by atoms with Gasteiger partial charge >= 0.3 is 12.1 Å². The van der Waals surface area contributed by atoms with Crippen LogP contribution >= 0.6 is 0 Å². The maximum atomic E-state index is 11.3. The van der Waals surface area contributed by atoms with Gasteiger partial charge in [0.05, 0.1) is 12.5 Å². The number of esters is 1. The lowest BCUT2D eigenvalue weighted by Crippen LogP contribution is -2.33. The van der Waals surface area contributed by atoms with Crippen molar-refractivity contribution in [2.24, 2.45) is 11.8 Å². The lowest BCUT2D eigenvalue weighted by molar-refractivity contribution is -0.145. The number of ether oxygens (including phenoxy) is 2. The largest absolute Gasteiger partial charge is 0.466 e. The van der Waals surface area contributed by atoms with Gasteiger partial charge in [-0.2, -0.15) is 0 Å². The van der Waals surface area contributed by atoms with Crippen molar-refractivity contribution in [2.45, 2.75) is 39.7 Å². The SMILES string of the molecule is CCOC(=O)[C@@H]1C[C@H]1CNC(=O)OC(C)(C)C. The van der Waals surface area contributed by atoms with E-state index in [1.54, 1.807) is 6.92 Å². The average molecular weight is 243 g/mol. The molecule has 5 heteroatoms. The first-order valence-electron chi connectivity index (χ1n) is 5.97. The Morgan fingerprint density at radius 2 is 2.00 bits per heavy atom. The Hall–Kier alpha value is -1.26. The van der Waals surface area contributed by atoms with Crippen molar-refractivity contribution in [1.82, 2.24) is 5.32 Å². The van der Waals surface area contributed by atoms with Gasteiger partial charge in [0.15, 0.2) is 0 Å². The Morgan fingerprint density at radius 3 is 2.53 bits per heavy atom. The molecule has 0 radical (unpaired) electrons.